The maximum Gasteiger partial charge on any atom is 0.326 e. The number of benzene rings is 2. The second kappa shape index (κ2) is 54.3. The summed E-state index contributed by atoms with van der Waals surface area (Å²) in [7, 11) is 0. The molecule has 1 saturated heterocycles. The average molecular weight is 1760 g/mol. The molecule has 2 aromatic carbocycles. The highest BCUT2D eigenvalue weighted by atomic mass is 16.4. The molecule has 696 valence electrons. The van der Waals surface area contributed by atoms with Crippen LogP contribution in [0.2, 0.25) is 0 Å². The molecule has 0 spiro atoms. The lowest BCUT2D eigenvalue weighted by Gasteiger charge is -2.30. The Labute approximate surface area is 725 Å². The second-order valence-corrected chi connectivity index (χ2v) is 32.5. The molecule has 0 aliphatic carbocycles. The van der Waals surface area contributed by atoms with Crippen molar-refractivity contribution in [1.82, 2.24) is 84.7 Å². The molecule has 0 unspecified atom stereocenters. The summed E-state index contributed by atoms with van der Waals surface area (Å²) < 4.78 is 0. The van der Waals surface area contributed by atoms with Crippen molar-refractivity contribution in [3.05, 3.63) is 65.7 Å². The molecule has 0 aromatic heterocycles. The summed E-state index contributed by atoms with van der Waals surface area (Å²) in [6.07, 6.45) is -1.61. The Hall–Kier alpha value is -12.4. The standard InChI is InChI=1S/C81H130N22O22/c1-11-45(10)65(102-73(118)52(32-41(2)3)91-62(108)38-90-67(112)50(21-16-30-89-81(86)87)92-71(116)55(35-46-18-13-12-14-19-46)94-66(111)49(82)20-15-29-88-80(84)85)77(122)100-59(40-105)75(120)96-54(34-43(6)7)70(115)99-58(39-104)74(119)93-51(27-28-61(83)107)68(113)101-64(44(8)9)76(121)97-56(36-47-23-25-48(106)26-24-47)72(117)95-53(33-42(4)5)69(114)98-57(37-63(109)110)78(123)103-31-17-22-60(103)79(124)125/h12-14,18-19,23-26,41-45,49-60,64-65,104-106H,11,15-17,20-22,27-40,82H2,1-10H3,(H2,83,107)(H,90,112)(H,91,108)(H,92,116)(H,93,119)(H,94,111)(H,95,117)(H,96,120)(H,97,121)(H,98,114)(H,99,115)(H,100,122)(H,101,113)(H,102,118)(H,109,110)(H,124,125)(H4,84,85,88)(H4,86,87,89)/t45-,49-,50-,51-,52-,53-,54-,55-,56-,57-,58-,59-,60-,64-,65-/m0/s1. The summed E-state index contributed by atoms with van der Waals surface area (Å²) in [6, 6.07) is -7.40. The van der Waals surface area contributed by atoms with Crippen LogP contribution in [0.15, 0.2) is 54.6 Å². The summed E-state index contributed by atoms with van der Waals surface area (Å²) in [5, 5.41) is 104. The van der Waals surface area contributed by atoms with E-state index in [9.17, 15) is 107 Å². The van der Waals surface area contributed by atoms with E-state index in [0.717, 1.165) is 4.90 Å². The van der Waals surface area contributed by atoms with E-state index in [-0.39, 0.29) is 120 Å². The molecule has 3 rings (SSSR count). The first-order valence-electron chi connectivity index (χ1n) is 41.7. The average Bonchev–Trinajstić information content (AvgIpc) is 1.70. The zero-order valence-electron chi connectivity index (χ0n) is 72.4. The van der Waals surface area contributed by atoms with Crippen LogP contribution in [-0.2, 0) is 94.3 Å². The van der Waals surface area contributed by atoms with Crippen molar-refractivity contribution in [2.24, 2.45) is 52.5 Å². The van der Waals surface area contributed by atoms with Gasteiger partial charge in [-0.3, -0.25) is 87.5 Å². The number of carbonyl (C=O) groups is 17. The number of nitrogens with zero attached hydrogens (tertiary/aromatic N) is 1. The van der Waals surface area contributed by atoms with Gasteiger partial charge in [0.15, 0.2) is 11.9 Å². The summed E-state index contributed by atoms with van der Waals surface area (Å²) in [4.78, 5) is 235. The molecule has 15 atom stereocenters. The fraction of sp³-hybridized carbons (Fsp3) is 0.617. The zero-order chi connectivity index (χ0) is 94.1. The van der Waals surface area contributed by atoms with Crippen molar-refractivity contribution in [2.45, 2.75) is 250 Å². The lowest BCUT2D eigenvalue weighted by atomic mass is 9.96. The minimum Gasteiger partial charge on any atom is -0.508 e. The molecule has 1 aliphatic rings. The Balaban J connectivity index is 1.84. The zero-order valence-corrected chi connectivity index (χ0v) is 72.4. The number of hydrogen-bond donors (Lipinski definition) is 26. The van der Waals surface area contributed by atoms with Gasteiger partial charge in [0.25, 0.3) is 0 Å². The number of aliphatic hydroxyl groups excluding tert-OH is 2. The summed E-state index contributed by atoms with van der Waals surface area (Å²) in [5.74, 6) is -21.0. The van der Waals surface area contributed by atoms with E-state index in [0.29, 0.717) is 17.5 Å². The summed E-state index contributed by atoms with van der Waals surface area (Å²) >= 11 is 0. The quantitative estimate of drug-likeness (QED) is 0.0167. The number of hydrogen-bond acceptors (Lipinski definition) is 23. The van der Waals surface area contributed by atoms with Crippen molar-refractivity contribution >= 4 is 112 Å². The normalized spacial score (nSPS) is 15.8. The number of carboxylic acids is 2. The molecule has 0 radical (unpaired) electrons. The number of likely N-dealkylation sites (tertiary alicyclic amines) is 1. The van der Waals surface area contributed by atoms with Gasteiger partial charge in [-0.05, 0) is 117 Å². The first-order chi connectivity index (χ1) is 58.8. The van der Waals surface area contributed by atoms with Crippen LogP contribution >= 0.6 is 0 Å². The third-order valence-electron chi connectivity index (χ3n) is 20.1. The Kier molecular flexibility index (Phi) is 46.4. The van der Waals surface area contributed by atoms with Gasteiger partial charge < -0.3 is 133 Å². The Morgan fingerprint density at radius 2 is 0.856 bits per heavy atom. The molecule has 2 aromatic rings. The molecular formula is C81H130N22O22. The highest BCUT2D eigenvalue weighted by Crippen LogP contribution is 2.22. The minimum absolute atomic E-state index is 0.0259. The number of nitrogens with one attached hydrogen (secondary N) is 17. The number of aliphatic hydroxyl groups is 2. The van der Waals surface area contributed by atoms with Gasteiger partial charge in [-0.15, -0.1) is 0 Å². The largest absolute Gasteiger partial charge is 0.508 e. The fourth-order valence-electron chi connectivity index (χ4n) is 13.2. The molecule has 0 bridgehead atoms. The third kappa shape index (κ3) is 38.9. The van der Waals surface area contributed by atoms with Gasteiger partial charge >= 0.3 is 11.9 Å². The maximum atomic E-state index is 14.6. The van der Waals surface area contributed by atoms with Crippen LogP contribution < -0.4 is 103 Å². The lowest BCUT2D eigenvalue weighted by Crippen LogP contribution is -2.62. The molecular weight excluding hydrogens is 1630 g/mol. The Morgan fingerprint density at radius 3 is 1.32 bits per heavy atom. The number of guanidine groups is 2. The second-order valence-electron chi connectivity index (χ2n) is 32.5. The van der Waals surface area contributed by atoms with Crippen LogP contribution in [0.4, 0.5) is 0 Å². The van der Waals surface area contributed by atoms with E-state index < -0.39 is 242 Å². The first kappa shape index (κ1) is 107. The summed E-state index contributed by atoms with van der Waals surface area (Å²) in [6.45, 7) is 13.7. The van der Waals surface area contributed by atoms with Crippen LogP contribution in [0.3, 0.4) is 0 Å². The van der Waals surface area contributed by atoms with Crippen molar-refractivity contribution in [3.8, 4) is 5.75 Å². The highest BCUT2D eigenvalue weighted by Gasteiger charge is 2.42. The fourth-order valence-corrected chi connectivity index (χ4v) is 13.2. The number of aliphatic carboxylic acids is 2. The molecule has 15 amide bonds. The number of amides is 15. The van der Waals surface area contributed by atoms with Crippen molar-refractivity contribution in [1.29, 1.82) is 10.8 Å². The maximum absolute atomic E-state index is 14.6. The van der Waals surface area contributed by atoms with Crippen molar-refractivity contribution < 1.29 is 107 Å². The van der Waals surface area contributed by atoms with E-state index in [1.807, 2.05) is 0 Å². The van der Waals surface area contributed by atoms with Gasteiger partial charge in [0.1, 0.15) is 84.3 Å². The molecule has 0 saturated carbocycles. The Bertz CT molecular complexity index is 4010. The predicted octanol–water partition coefficient (Wildman–Crippen LogP) is -5.39. The van der Waals surface area contributed by atoms with E-state index in [4.69, 9.17) is 33.8 Å². The van der Waals surface area contributed by atoms with E-state index in [1.165, 1.54) is 38.1 Å². The molecule has 1 fully saturated rings. The van der Waals surface area contributed by atoms with Crippen molar-refractivity contribution in [3.63, 3.8) is 0 Å². The van der Waals surface area contributed by atoms with E-state index in [1.54, 1.807) is 85.7 Å². The number of phenolic OH excluding ortho intramolecular Hbond substituents is 1. The SMILES string of the molecule is CC[C@H](C)[C@H](NC(=O)[C@H](CC(C)C)NC(=O)CNC(=O)[C@H](CCCNC(=N)N)NC(=O)[C@H](Cc1ccccc1)NC(=O)[C@@H](N)CCCNC(=N)N)C(=O)N[C@@H](CO)C(=O)N[C@@H](CC(C)C)C(=O)N[C@@H](CO)C(=O)N[C@@H](CCC(N)=O)C(=O)N[C@H](C(=O)N[C@@H](Cc1ccc(O)cc1)C(=O)N[C@@H](CC(C)C)C(=O)N[C@@H](CC(=O)O)C(=O)N1CCC[C@H]1C(=O)O)C(C)C. The third-order valence-corrected chi connectivity index (χ3v) is 20.1. The van der Waals surface area contributed by atoms with Crippen LogP contribution in [-0.4, -0.2) is 267 Å². The highest BCUT2D eigenvalue weighted by molar-refractivity contribution is 6.01. The molecule has 1 aliphatic heterocycles. The topological polar surface area (TPSA) is 727 Å². The van der Waals surface area contributed by atoms with Gasteiger partial charge in [0, 0.05) is 38.9 Å². The smallest absolute Gasteiger partial charge is 0.326 e. The van der Waals surface area contributed by atoms with Crippen LogP contribution in [0.1, 0.15) is 164 Å². The molecule has 44 nitrogen and oxygen atoms in total. The lowest BCUT2D eigenvalue weighted by molar-refractivity contribution is -0.150. The van der Waals surface area contributed by atoms with Crippen LogP contribution in [0, 0.1) is 40.4 Å². The number of aromatic hydroxyl groups is 1. The number of nitrogens with two attached hydrogens (primary N) is 4. The summed E-state index contributed by atoms with van der Waals surface area (Å²) in [5.41, 5.74) is 23.5. The van der Waals surface area contributed by atoms with Gasteiger partial charge in [0.05, 0.1) is 32.2 Å². The molecule has 30 N–H and O–H groups in total. The molecule has 1 heterocycles. The predicted molar refractivity (Wildman–Crippen MR) is 454 cm³/mol. The molecule has 44 heteroatoms. The number of carboxylic acid groups (broad SMARTS) is 2. The molecule has 125 heavy (non-hydrogen) atoms. The monoisotopic (exact) mass is 1760 g/mol. The van der Waals surface area contributed by atoms with Gasteiger partial charge in [0.2, 0.25) is 88.6 Å². The number of phenols is 1. The number of primary amides is 1. The van der Waals surface area contributed by atoms with E-state index in [2.05, 4.69) is 79.8 Å². The number of rotatable bonds is 56. The van der Waals surface area contributed by atoms with Gasteiger partial charge in [-0.25, -0.2) is 4.79 Å². The van der Waals surface area contributed by atoms with Gasteiger partial charge in [-0.2, -0.15) is 0 Å². The van der Waals surface area contributed by atoms with Crippen LogP contribution in [0.25, 0.3) is 0 Å². The first-order valence-corrected chi connectivity index (χ1v) is 41.7. The number of carbonyl (C=O) groups excluding carboxylic acids is 15. The minimum atomic E-state index is -1.93. The van der Waals surface area contributed by atoms with E-state index >= 15 is 0 Å². The van der Waals surface area contributed by atoms with Crippen molar-refractivity contribution in [2.75, 3.05) is 39.4 Å². The van der Waals surface area contributed by atoms with Gasteiger partial charge in [-0.1, -0.05) is 118 Å². The van der Waals surface area contributed by atoms with Crippen LogP contribution in [0.5, 0.6) is 5.75 Å². The Morgan fingerprint density at radius 1 is 0.456 bits per heavy atom.